The smallest absolute Gasteiger partial charge is 0.230 e. The minimum absolute atomic E-state index is 0.0755. The second-order valence-corrected chi connectivity index (χ2v) is 10.2. The normalized spacial score (nSPS) is 11.3. The van der Waals surface area contributed by atoms with E-state index < -0.39 is 15.7 Å². The summed E-state index contributed by atoms with van der Waals surface area (Å²) in [6.45, 7) is 0.181. The summed E-state index contributed by atoms with van der Waals surface area (Å²) >= 11 is 6.02. The SMILES string of the molecule is CS(=O)(=O)Cc1cccc(Nc2ncnc(-c3ccc(F)cc3OCc3cccc(Cl)c3)n2)c1. The van der Waals surface area contributed by atoms with Gasteiger partial charge < -0.3 is 10.1 Å². The maximum Gasteiger partial charge on any atom is 0.230 e. The van der Waals surface area contributed by atoms with Crippen molar-refractivity contribution in [1.82, 2.24) is 15.0 Å². The lowest BCUT2D eigenvalue weighted by Crippen LogP contribution is -2.04. The molecule has 3 aromatic carbocycles. The second-order valence-electron chi connectivity index (χ2n) is 7.59. The maximum absolute atomic E-state index is 14.0. The summed E-state index contributed by atoms with van der Waals surface area (Å²) in [5.74, 6) is 0.262. The Morgan fingerprint density at radius 3 is 2.59 bits per heavy atom. The summed E-state index contributed by atoms with van der Waals surface area (Å²) in [6.07, 6.45) is 2.51. The fourth-order valence-electron chi connectivity index (χ4n) is 3.25. The standard InChI is InChI=1S/C24H20ClFN4O3S/c1-34(31,32)14-17-5-3-7-20(11-17)29-24-28-15-27-23(30-24)21-9-8-19(26)12-22(21)33-13-16-4-2-6-18(25)10-16/h2-12,15H,13-14H2,1H3,(H,27,28,29,30). The van der Waals surface area contributed by atoms with Crippen LogP contribution in [0.15, 0.2) is 73.1 Å². The molecular weight excluding hydrogens is 479 g/mol. The fourth-order valence-corrected chi connectivity index (χ4v) is 4.24. The number of anilines is 2. The number of benzene rings is 3. The molecule has 0 atom stereocenters. The molecule has 10 heteroatoms. The summed E-state index contributed by atoms with van der Waals surface area (Å²) < 4.78 is 43.0. The zero-order valence-electron chi connectivity index (χ0n) is 18.1. The van der Waals surface area contributed by atoms with E-state index >= 15 is 0 Å². The molecule has 1 heterocycles. The number of rotatable bonds is 8. The molecule has 0 radical (unpaired) electrons. The van der Waals surface area contributed by atoms with Crippen molar-refractivity contribution in [2.75, 3.05) is 11.6 Å². The first-order valence-corrected chi connectivity index (χ1v) is 12.6. The van der Waals surface area contributed by atoms with Crippen LogP contribution in [-0.4, -0.2) is 29.6 Å². The van der Waals surface area contributed by atoms with Gasteiger partial charge in [-0.2, -0.15) is 4.98 Å². The van der Waals surface area contributed by atoms with Crippen molar-refractivity contribution in [2.45, 2.75) is 12.4 Å². The highest BCUT2D eigenvalue weighted by Crippen LogP contribution is 2.30. The molecule has 0 bridgehead atoms. The number of hydrogen-bond acceptors (Lipinski definition) is 7. The second kappa shape index (κ2) is 10.1. The largest absolute Gasteiger partial charge is 0.488 e. The molecule has 0 saturated carbocycles. The molecular formula is C24H20ClFN4O3S. The van der Waals surface area contributed by atoms with Crippen LogP contribution in [0.5, 0.6) is 5.75 Å². The van der Waals surface area contributed by atoms with Gasteiger partial charge in [0.1, 0.15) is 24.5 Å². The third kappa shape index (κ3) is 6.49. The van der Waals surface area contributed by atoms with Gasteiger partial charge in [-0.1, -0.05) is 35.9 Å². The molecule has 0 aliphatic rings. The molecule has 1 aromatic heterocycles. The van der Waals surface area contributed by atoms with Crippen molar-refractivity contribution in [1.29, 1.82) is 0 Å². The topological polar surface area (TPSA) is 94.1 Å². The van der Waals surface area contributed by atoms with E-state index in [1.54, 1.807) is 36.4 Å². The van der Waals surface area contributed by atoms with E-state index in [9.17, 15) is 12.8 Å². The van der Waals surface area contributed by atoms with Crippen molar-refractivity contribution < 1.29 is 17.5 Å². The van der Waals surface area contributed by atoms with Gasteiger partial charge in [0.15, 0.2) is 15.7 Å². The quantitative estimate of drug-likeness (QED) is 0.357. The van der Waals surface area contributed by atoms with Crippen LogP contribution in [0.25, 0.3) is 11.4 Å². The van der Waals surface area contributed by atoms with Crippen molar-refractivity contribution in [3.8, 4) is 17.1 Å². The van der Waals surface area contributed by atoms with Crippen LogP contribution in [0, 0.1) is 5.82 Å². The molecule has 0 aliphatic heterocycles. The first kappa shape index (κ1) is 23.6. The number of ether oxygens (including phenoxy) is 1. The molecule has 1 N–H and O–H groups in total. The Labute approximate surface area is 201 Å². The predicted octanol–water partition coefficient (Wildman–Crippen LogP) is 5.20. The van der Waals surface area contributed by atoms with E-state index in [2.05, 4.69) is 20.3 Å². The van der Waals surface area contributed by atoms with Crippen molar-refractivity contribution in [3.05, 3.63) is 95.0 Å². The van der Waals surface area contributed by atoms with Gasteiger partial charge in [0.2, 0.25) is 5.95 Å². The van der Waals surface area contributed by atoms with E-state index in [-0.39, 0.29) is 29.9 Å². The van der Waals surface area contributed by atoms with Crippen LogP contribution >= 0.6 is 11.6 Å². The van der Waals surface area contributed by atoms with E-state index in [0.29, 0.717) is 21.8 Å². The van der Waals surface area contributed by atoms with Crippen molar-refractivity contribution in [3.63, 3.8) is 0 Å². The number of nitrogens with zero attached hydrogens (tertiary/aromatic N) is 3. The summed E-state index contributed by atoms with van der Waals surface area (Å²) in [6, 6.07) is 18.2. The van der Waals surface area contributed by atoms with Crippen LogP contribution in [0.3, 0.4) is 0 Å². The summed E-state index contributed by atoms with van der Waals surface area (Å²) in [5, 5.41) is 3.63. The Balaban J connectivity index is 1.57. The summed E-state index contributed by atoms with van der Waals surface area (Å²) in [4.78, 5) is 12.8. The molecule has 0 unspecified atom stereocenters. The van der Waals surface area contributed by atoms with Crippen LogP contribution in [0.1, 0.15) is 11.1 Å². The molecule has 0 saturated heterocycles. The summed E-state index contributed by atoms with van der Waals surface area (Å²) in [7, 11) is -3.17. The van der Waals surface area contributed by atoms with Crippen LogP contribution < -0.4 is 10.1 Å². The maximum atomic E-state index is 14.0. The highest BCUT2D eigenvalue weighted by Gasteiger charge is 2.13. The van der Waals surface area contributed by atoms with Gasteiger partial charge in [-0.25, -0.2) is 22.8 Å². The number of sulfone groups is 1. The van der Waals surface area contributed by atoms with E-state index in [0.717, 1.165) is 5.56 Å². The molecule has 0 spiro atoms. The third-order valence-electron chi connectivity index (χ3n) is 4.65. The van der Waals surface area contributed by atoms with Gasteiger partial charge in [0, 0.05) is 23.0 Å². The lowest BCUT2D eigenvalue weighted by Gasteiger charge is -2.12. The summed E-state index contributed by atoms with van der Waals surface area (Å²) in [5.41, 5.74) is 2.57. The number of hydrogen-bond donors (Lipinski definition) is 1. The average molecular weight is 499 g/mol. The fraction of sp³-hybridized carbons (Fsp3) is 0.125. The monoisotopic (exact) mass is 498 g/mol. The van der Waals surface area contributed by atoms with E-state index in [1.807, 2.05) is 12.1 Å². The van der Waals surface area contributed by atoms with Crippen LogP contribution in [-0.2, 0) is 22.2 Å². The Morgan fingerprint density at radius 1 is 1.00 bits per heavy atom. The first-order valence-electron chi connectivity index (χ1n) is 10.1. The van der Waals surface area contributed by atoms with Crippen LogP contribution in [0.2, 0.25) is 5.02 Å². The van der Waals surface area contributed by atoms with Gasteiger partial charge in [0.05, 0.1) is 11.3 Å². The lowest BCUT2D eigenvalue weighted by atomic mass is 10.1. The molecule has 7 nitrogen and oxygen atoms in total. The Kier molecular flexibility index (Phi) is 7.04. The zero-order chi connectivity index (χ0) is 24.1. The van der Waals surface area contributed by atoms with Gasteiger partial charge >= 0.3 is 0 Å². The molecule has 34 heavy (non-hydrogen) atoms. The van der Waals surface area contributed by atoms with Crippen molar-refractivity contribution >= 4 is 33.1 Å². The molecule has 0 aliphatic carbocycles. The molecule has 0 fully saturated rings. The first-order chi connectivity index (χ1) is 16.2. The van der Waals surface area contributed by atoms with E-state index in [1.165, 1.54) is 30.8 Å². The Hall–Kier alpha value is -3.56. The Bertz CT molecular complexity index is 1430. The average Bonchev–Trinajstić information content (AvgIpc) is 2.77. The molecule has 174 valence electrons. The van der Waals surface area contributed by atoms with Gasteiger partial charge in [-0.15, -0.1) is 0 Å². The number of halogens is 2. The van der Waals surface area contributed by atoms with Gasteiger partial charge in [-0.05, 0) is 47.5 Å². The van der Waals surface area contributed by atoms with Crippen LogP contribution in [0.4, 0.5) is 16.0 Å². The highest BCUT2D eigenvalue weighted by atomic mass is 35.5. The van der Waals surface area contributed by atoms with Gasteiger partial charge in [-0.3, -0.25) is 0 Å². The highest BCUT2D eigenvalue weighted by molar-refractivity contribution is 7.89. The van der Waals surface area contributed by atoms with Crippen molar-refractivity contribution in [2.24, 2.45) is 0 Å². The zero-order valence-corrected chi connectivity index (χ0v) is 19.6. The molecule has 0 amide bonds. The minimum atomic E-state index is -3.17. The number of aromatic nitrogens is 3. The predicted molar refractivity (Wildman–Crippen MR) is 129 cm³/mol. The molecule has 4 aromatic rings. The molecule has 4 rings (SSSR count). The van der Waals surface area contributed by atoms with E-state index in [4.69, 9.17) is 16.3 Å². The van der Waals surface area contributed by atoms with Gasteiger partial charge in [0.25, 0.3) is 0 Å². The third-order valence-corrected chi connectivity index (χ3v) is 5.74. The Morgan fingerprint density at radius 2 is 1.79 bits per heavy atom. The lowest BCUT2D eigenvalue weighted by molar-refractivity contribution is 0.306. The number of nitrogens with one attached hydrogen (secondary N) is 1. The minimum Gasteiger partial charge on any atom is -0.488 e.